The van der Waals surface area contributed by atoms with Crippen molar-refractivity contribution in [2.45, 2.75) is 83.2 Å². The molecule has 1 saturated carbocycles. The molecule has 2 heterocycles. The molecule has 0 bridgehead atoms. The largest absolute Gasteiger partial charge is 0.461 e. The second-order valence-electron chi connectivity index (χ2n) is 8.43. The summed E-state index contributed by atoms with van der Waals surface area (Å²) in [4.78, 5) is 17.3. The zero-order chi connectivity index (χ0) is 19.4. The van der Waals surface area contributed by atoms with Gasteiger partial charge in [0.25, 0.3) is 0 Å². The Morgan fingerprint density at radius 3 is 2.67 bits per heavy atom. The van der Waals surface area contributed by atoms with Gasteiger partial charge in [-0.25, -0.2) is 9.78 Å². The van der Waals surface area contributed by atoms with Crippen LogP contribution in [0.5, 0.6) is 0 Å². The Morgan fingerprint density at radius 2 is 2.04 bits per heavy atom. The number of rotatable bonds is 6. The number of imidazole rings is 1. The fraction of sp³-hybridized carbons (Fsp3) is 0.810. The van der Waals surface area contributed by atoms with E-state index in [1.807, 2.05) is 14.0 Å². The van der Waals surface area contributed by atoms with Gasteiger partial charge in [0, 0.05) is 19.0 Å². The minimum Gasteiger partial charge on any atom is -0.461 e. The molecule has 1 saturated heterocycles. The van der Waals surface area contributed by atoms with Gasteiger partial charge < -0.3 is 20.4 Å². The Morgan fingerprint density at radius 1 is 1.30 bits per heavy atom. The topological polar surface area (TPSA) is 82.2 Å². The summed E-state index contributed by atoms with van der Waals surface area (Å²) in [6, 6.07) is 0.269. The lowest BCUT2D eigenvalue weighted by molar-refractivity contribution is 0.0517. The van der Waals surface area contributed by atoms with Crippen LogP contribution < -0.4 is 11.1 Å². The maximum Gasteiger partial charge on any atom is 0.358 e. The highest BCUT2D eigenvalue weighted by Crippen LogP contribution is 2.38. The predicted octanol–water partition coefficient (Wildman–Crippen LogP) is 3.42. The first-order valence-corrected chi connectivity index (χ1v) is 10.7. The van der Waals surface area contributed by atoms with E-state index in [1.54, 1.807) is 0 Å². The normalized spacial score (nSPS) is 27.3. The molecule has 0 aromatic carbocycles. The summed E-state index contributed by atoms with van der Waals surface area (Å²) in [6.07, 6.45) is 9.12. The zero-order valence-corrected chi connectivity index (χ0v) is 17.2. The molecular formula is C21H36N4O2. The van der Waals surface area contributed by atoms with Crippen molar-refractivity contribution in [2.24, 2.45) is 18.7 Å². The number of hydrogen-bond donors (Lipinski definition) is 2. The maximum atomic E-state index is 12.6. The quantitative estimate of drug-likeness (QED) is 0.744. The molecule has 1 aliphatic heterocycles. The molecule has 1 unspecified atom stereocenters. The van der Waals surface area contributed by atoms with Gasteiger partial charge in [0.1, 0.15) is 5.82 Å². The average molecular weight is 377 g/mol. The lowest BCUT2D eigenvalue weighted by Gasteiger charge is -2.28. The third kappa shape index (κ3) is 4.72. The maximum absolute atomic E-state index is 12.6. The molecule has 3 rings (SSSR count). The molecule has 2 atom stereocenters. The van der Waals surface area contributed by atoms with E-state index in [9.17, 15) is 4.79 Å². The van der Waals surface area contributed by atoms with Gasteiger partial charge >= 0.3 is 5.97 Å². The molecular weight excluding hydrogens is 340 g/mol. The van der Waals surface area contributed by atoms with Crippen molar-refractivity contribution in [3.05, 3.63) is 17.2 Å². The van der Waals surface area contributed by atoms with Crippen LogP contribution in [0.15, 0.2) is 0 Å². The molecule has 2 aliphatic rings. The van der Waals surface area contributed by atoms with E-state index in [2.05, 4.69) is 16.8 Å². The third-order valence-corrected chi connectivity index (χ3v) is 6.33. The Bertz CT molecular complexity index is 628. The number of piperidine rings is 1. The van der Waals surface area contributed by atoms with Crippen molar-refractivity contribution in [1.82, 2.24) is 14.9 Å². The van der Waals surface area contributed by atoms with Crippen molar-refractivity contribution in [1.29, 1.82) is 0 Å². The van der Waals surface area contributed by atoms with Gasteiger partial charge in [-0.05, 0) is 51.5 Å². The fourth-order valence-corrected chi connectivity index (χ4v) is 4.75. The van der Waals surface area contributed by atoms with Crippen LogP contribution in [-0.4, -0.2) is 34.7 Å². The van der Waals surface area contributed by atoms with Crippen LogP contribution in [-0.2, 0) is 11.8 Å². The Balaban J connectivity index is 1.85. The monoisotopic (exact) mass is 376 g/mol. The Labute approximate surface area is 163 Å². The van der Waals surface area contributed by atoms with E-state index in [4.69, 9.17) is 15.5 Å². The second kappa shape index (κ2) is 9.20. The molecule has 6 heteroatoms. The van der Waals surface area contributed by atoms with Crippen molar-refractivity contribution < 1.29 is 9.53 Å². The first-order valence-electron chi connectivity index (χ1n) is 10.7. The predicted molar refractivity (Wildman–Crippen MR) is 107 cm³/mol. The molecule has 0 radical (unpaired) electrons. The summed E-state index contributed by atoms with van der Waals surface area (Å²) < 4.78 is 7.41. The number of hydrogen-bond acceptors (Lipinski definition) is 5. The van der Waals surface area contributed by atoms with Crippen LogP contribution in [0.25, 0.3) is 0 Å². The first kappa shape index (κ1) is 20.3. The highest BCUT2D eigenvalue weighted by atomic mass is 16.5. The number of aromatic nitrogens is 2. The van der Waals surface area contributed by atoms with E-state index in [0.717, 1.165) is 49.7 Å². The molecule has 1 aliphatic carbocycles. The number of nitrogens with two attached hydrogens (primary N) is 1. The summed E-state index contributed by atoms with van der Waals surface area (Å²) in [5.41, 5.74) is 8.08. The average Bonchev–Trinajstić information content (AvgIpc) is 3.01. The molecule has 2 fully saturated rings. The summed E-state index contributed by atoms with van der Waals surface area (Å²) in [5.74, 6) is 1.64. The summed E-state index contributed by atoms with van der Waals surface area (Å²) in [6.45, 7) is 5.58. The molecule has 0 amide bonds. The van der Waals surface area contributed by atoms with Gasteiger partial charge in [-0.15, -0.1) is 0 Å². The first-order chi connectivity index (χ1) is 13.0. The molecule has 3 N–H and O–H groups in total. The molecule has 27 heavy (non-hydrogen) atoms. The molecule has 152 valence electrons. The number of nitrogens with one attached hydrogen (secondary N) is 1. The standard InChI is InChI=1S/C21H36N4O2/c1-4-27-21(26)18-19(15-10-8-14(2)9-11-15)25(3)20(24-18)17(22)13-16-7-5-6-12-23-16/h14-17,23H,4-13,22H2,1-3H3/t14?,15?,16?,17-/m0/s1. The van der Waals surface area contributed by atoms with Gasteiger partial charge in [0.05, 0.1) is 18.3 Å². The minimum atomic E-state index is -0.309. The number of ether oxygens (including phenoxy) is 1. The van der Waals surface area contributed by atoms with E-state index in [1.165, 1.54) is 25.7 Å². The smallest absolute Gasteiger partial charge is 0.358 e. The molecule has 6 nitrogen and oxygen atoms in total. The van der Waals surface area contributed by atoms with Gasteiger partial charge in [-0.1, -0.05) is 26.2 Å². The molecule has 1 aromatic heterocycles. The number of nitrogens with zero attached hydrogens (tertiary/aromatic N) is 2. The van der Waals surface area contributed by atoms with Gasteiger partial charge in [0.2, 0.25) is 0 Å². The Hall–Kier alpha value is -1.40. The zero-order valence-electron chi connectivity index (χ0n) is 17.2. The van der Waals surface area contributed by atoms with Crippen LogP contribution >= 0.6 is 0 Å². The van der Waals surface area contributed by atoms with Gasteiger partial charge in [-0.3, -0.25) is 0 Å². The van der Waals surface area contributed by atoms with Crippen LogP contribution in [0.3, 0.4) is 0 Å². The van der Waals surface area contributed by atoms with Crippen LogP contribution in [0.2, 0.25) is 0 Å². The summed E-state index contributed by atoms with van der Waals surface area (Å²) in [5, 5.41) is 3.56. The van der Waals surface area contributed by atoms with Gasteiger partial charge in [-0.2, -0.15) is 0 Å². The lowest BCUT2D eigenvalue weighted by atomic mass is 9.81. The van der Waals surface area contributed by atoms with Gasteiger partial charge in [0.15, 0.2) is 5.69 Å². The van der Waals surface area contributed by atoms with Crippen molar-refractivity contribution in [3.63, 3.8) is 0 Å². The molecule has 1 aromatic rings. The van der Waals surface area contributed by atoms with E-state index in [0.29, 0.717) is 24.3 Å². The minimum absolute atomic E-state index is 0.171. The van der Waals surface area contributed by atoms with E-state index < -0.39 is 0 Å². The van der Waals surface area contributed by atoms with Crippen molar-refractivity contribution >= 4 is 5.97 Å². The van der Waals surface area contributed by atoms with E-state index >= 15 is 0 Å². The van der Waals surface area contributed by atoms with Crippen LogP contribution in [0, 0.1) is 5.92 Å². The summed E-state index contributed by atoms with van der Waals surface area (Å²) in [7, 11) is 2.02. The second-order valence-corrected chi connectivity index (χ2v) is 8.43. The van der Waals surface area contributed by atoms with Crippen LogP contribution in [0.4, 0.5) is 0 Å². The number of carbonyl (C=O) groups excluding carboxylic acids is 1. The van der Waals surface area contributed by atoms with E-state index in [-0.39, 0.29) is 12.0 Å². The van der Waals surface area contributed by atoms with Crippen molar-refractivity contribution in [2.75, 3.05) is 13.2 Å². The highest BCUT2D eigenvalue weighted by Gasteiger charge is 2.32. The number of carbonyl (C=O) groups is 1. The fourth-order valence-electron chi connectivity index (χ4n) is 4.75. The highest BCUT2D eigenvalue weighted by molar-refractivity contribution is 5.89. The lowest BCUT2D eigenvalue weighted by Crippen LogP contribution is -2.37. The Kier molecular flexibility index (Phi) is 6.93. The third-order valence-electron chi connectivity index (χ3n) is 6.33. The van der Waals surface area contributed by atoms with Crippen LogP contribution in [0.1, 0.15) is 99.2 Å². The van der Waals surface area contributed by atoms with Crippen molar-refractivity contribution in [3.8, 4) is 0 Å². The number of esters is 1. The SMILES string of the molecule is CCOC(=O)c1nc([C@@H](N)CC2CCCCN2)n(C)c1C1CCC(C)CC1. The summed E-state index contributed by atoms with van der Waals surface area (Å²) >= 11 is 0. The molecule has 0 spiro atoms.